The summed E-state index contributed by atoms with van der Waals surface area (Å²) in [5.41, 5.74) is 0. The van der Waals surface area contributed by atoms with Gasteiger partial charge in [-0.3, -0.25) is 9.69 Å². The van der Waals surface area contributed by atoms with Crippen LogP contribution in [0.25, 0.3) is 0 Å². The van der Waals surface area contributed by atoms with Crippen molar-refractivity contribution in [1.82, 2.24) is 10.2 Å². The van der Waals surface area contributed by atoms with Crippen LogP contribution in [-0.4, -0.2) is 60.4 Å². The van der Waals surface area contributed by atoms with E-state index in [4.69, 9.17) is 9.84 Å². The van der Waals surface area contributed by atoms with Crippen molar-refractivity contribution in [1.29, 1.82) is 0 Å². The highest BCUT2D eigenvalue weighted by atomic mass is 16.5. The molecule has 0 aliphatic carbocycles. The predicted molar refractivity (Wildman–Crippen MR) is 66.2 cm³/mol. The number of likely N-dealkylation sites (N-methyl/N-ethyl adjacent to an activating group) is 1. The summed E-state index contributed by atoms with van der Waals surface area (Å²) < 4.78 is 5.64. The fraction of sp³-hybridized carbons (Fsp3) is 0.917. The Labute approximate surface area is 103 Å². The molecule has 3 unspecified atom stereocenters. The number of ether oxygens (including phenoxy) is 1. The maximum atomic E-state index is 11.0. The van der Waals surface area contributed by atoms with Crippen molar-refractivity contribution in [2.24, 2.45) is 0 Å². The Kier molecular flexibility index (Phi) is 5.88. The summed E-state index contributed by atoms with van der Waals surface area (Å²) in [6.07, 6.45) is 1.12. The zero-order valence-electron chi connectivity index (χ0n) is 11.0. The van der Waals surface area contributed by atoms with E-state index >= 15 is 0 Å². The first-order chi connectivity index (χ1) is 8.02. The number of carbonyl (C=O) groups is 1. The van der Waals surface area contributed by atoms with Crippen molar-refractivity contribution in [2.75, 3.05) is 26.2 Å². The van der Waals surface area contributed by atoms with E-state index in [0.29, 0.717) is 13.0 Å². The smallest absolute Gasteiger partial charge is 0.320 e. The Hall–Kier alpha value is -0.650. The molecule has 0 spiro atoms. The van der Waals surface area contributed by atoms with Crippen LogP contribution in [0.3, 0.4) is 0 Å². The first-order valence-electron chi connectivity index (χ1n) is 6.37. The van der Waals surface area contributed by atoms with Crippen LogP contribution in [0.1, 0.15) is 27.2 Å². The van der Waals surface area contributed by atoms with Gasteiger partial charge in [-0.25, -0.2) is 0 Å². The fourth-order valence-electron chi connectivity index (χ4n) is 2.34. The molecule has 0 bridgehead atoms. The molecule has 5 nitrogen and oxygen atoms in total. The number of nitrogens with one attached hydrogen (secondary N) is 1. The lowest BCUT2D eigenvalue weighted by Crippen LogP contribution is -2.47. The quantitative estimate of drug-likeness (QED) is 0.714. The SMILES string of the molecule is CCNC(CCN1CC(C)OC(C)C1)C(=O)O. The van der Waals surface area contributed by atoms with Crippen molar-refractivity contribution < 1.29 is 14.6 Å². The third kappa shape index (κ3) is 5.02. The van der Waals surface area contributed by atoms with Crippen molar-refractivity contribution in [2.45, 2.75) is 45.4 Å². The van der Waals surface area contributed by atoms with Crippen LogP contribution < -0.4 is 5.32 Å². The van der Waals surface area contributed by atoms with Crippen LogP contribution in [0.5, 0.6) is 0 Å². The van der Waals surface area contributed by atoms with Gasteiger partial charge in [0.05, 0.1) is 12.2 Å². The minimum absolute atomic E-state index is 0.237. The number of morpholine rings is 1. The second-order valence-corrected chi connectivity index (χ2v) is 4.75. The molecule has 1 aliphatic rings. The van der Waals surface area contributed by atoms with E-state index in [9.17, 15) is 4.79 Å². The van der Waals surface area contributed by atoms with Gasteiger partial charge in [-0.2, -0.15) is 0 Å². The molecule has 0 radical (unpaired) electrons. The highest BCUT2D eigenvalue weighted by Crippen LogP contribution is 2.11. The van der Waals surface area contributed by atoms with Crippen LogP contribution >= 0.6 is 0 Å². The van der Waals surface area contributed by atoms with Gasteiger partial charge in [0.2, 0.25) is 0 Å². The maximum absolute atomic E-state index is 11.0. The van der Waals surface area contributed by atoms with Gasteiger partial charge in [-0.05, 0) is 26.8 Å². The maximum Gasteiger partial charge on any atom is 0.320 e. The summed E-state index contributed by atoms with van der Waals surface area (Å²) in [5, 5.41) is 12.0. The van der Waals surface area contributed by atoms with E-state index in [1.165, 1.54) is 0 Å². The van der Waals surface area contributed by atoms with Gasteiger partial charge >= 0.3 is 5.97 Å². The number of hydrogen-bond donors (Lipinski definition) is 2. The van der Waals surface area contributed by atoms with E-state index < -0.39 is 12.0 Å². The standard InChI is InChI=1S/C12H24N2O3/c1-4-13-11(12(15)16)5-6-14-7-9(2)17-10(3)8-14/h9-11,13H,4-8H2,1-3H3,(H,15,16). The Morgan fingerprint density at radius 1 is 1.47 bits per heavy atom. The Balaban J connectivity index is 2.35. The van der Waals surface area contributed by atoms with Crippen LogP contribution in [0.2, 0.25) is 0 Å². The number of rotatable bonds is 6. The summed E-state index contributed by atoms with van der Waals surface area (Å²) in [5.74, 6) is -0.763. The molecule has 100 valence electrons. The molecule has 17 heavy (non-hydrogen) atoms. The molecule has 1 rings (SSSR count). The molecular formula is C12H24N2O3. The van der Waals surface area contributed by atoms with Gasteiger partial charge < -0.3 is 15.2 Å². The van der Waals surface area contributed by atoms with Crippen molar-refractivity contribution in [3.05, 3.63) is 0 Å². The largest absolute Gasteiger partial charge is 0.480 e. The van der Waals surface area contributed by atoms with Crippen LogP contribution in [0.4, 0.5) is 0 Å². The van der Waals surface area contributed by atoms with E-state index in [0.717, 1.165) is 19.6 Å². The van der Waals surface area contributed by atoms with E-state index in [-0.39, 0.29) is 12.2 Å². The van der Waals surface area contributed by atoms with Gasteiger partial charge in [0, 0.05) is 19.6 Å². The second kappa shape index (κ2) is 6.93. The second-order valence-electron chi connectivity index (χ2n) is 4.75. The fourth-order valence-corrected chi connectivity index (χ4v) is 2.34. The number of carboxylic acids is 1. The molecule has 1 heterocycles. The zero-order chi connectivity index (χ0) is 12.8. The highest BCUT2D eigenvalue weighted by molar-refractivity contribution is 5.73. The third-order valence-electron chi connectivity index (χ3n) is 2.98. The van der Waals surface area contributed by atoms with Gasteiger partial charge in [0.1, 0.15) is 6.04 Å². The van der Waals surface area contributed by atoms with Gasteiger partial charge in [-0.15, -0.1) is 0 Å². The molecule has 1 fully saturated rings. The van der Waals surface area contributed by atoms with E-state index in [1.54, 1.807) is 0 Å². The molecule has 0 aromatic rings. The van der Waals surface area contributed by atoms with Gasteiger partial charge in [-0.1, -0.05) is 6.92 Å². The molecule has 0 saturated carbocycles. The van der Waals surface area contributed by atoms with E-state index in [1.807, 2.05) is 6.92 Å². The van der Waals surface area contributed by atoms with Crippen molar-refractivity contribution >= 4 is 5.97 Å². The van der Waals surface area contributed by atoms with Crippen molar-refractivity contribution in [3.63, 3.8) is 0 Å². The summed E-state index contributed by atoms with van der Waals surface area (Å²) in [6.45, 7) is 9.32. The molecular weight excluding hydrogens is 220 g/mol. The summed E-state index contributed by atoms with van der Waals surface area (Å²) >= 11 is 0. The lowest BCUT2D eigenvalue weighted by atomic mass is 10.1. The topological polar surface area (TPSA) is 61.8 Å². The summed E-state index contributed by atoms with van der Waals surface area (Å²) in [4.78, 5) is 13.3. The molecule has 0 aromatic heterocycles. The Morgan fingerprint density at radius 2 is 2.06 bits per heavy atom. The monoisotopic (exact) mass is 244 g/mol. The molecule has 3 atom stereocenters. The average Bonchev–Trinajstić information content (AvgIpc) is 2.22. The first-order valence-corrected chi connectivity index (χ1v) is 6.37. The van der Waals surface area contributed by atoms with Gasteiger partial charge in [0.25, 0.3) is 0 Å². The number of nitrogens with zero attached hydrogens (tertiary/aromatic N) is 1. The molecule has 0 amide bonds. The Morgan fingerprint density at radius 3 is 2.53 bits per heavy atom. The Bertz CT molecular complexity index is 238. The minimum Gasteiger partial charge on any atom is -0.480 e. The first kappa shape index (κ1) is 14.4. The average molecular weight is 244 g/mol. The van der Waals surface area contributed by atoms with Crippen LogP contribution in [0.15, 0.2) is 0 Å². The summed E-state index contributed by atoms with van der Waals surface area (Å²) in [6, 6.07) is -0.437. The van der Waals surface area contributed by atoms with Crippen LogP contribution in [-0.2, 0) is 9.53 Å². The normalized spacial score (nSPS) is 27.9. The third-order valence-corrected chi connectivity index (χ3v) is 2.98. The molecule has 2 N–H and O–H groups in total. The molecule has 1 saturated heterocycles. The van der Waals surface area contributed by atoms with E-state index in [2.05, 4.69) is 24.1 Å². The molecule has 5 heteroatoms. The molecule has 1 aliphatic heterocycles. The van der Waals surface area contributed by atoms with Gasteiger partial charge in [0.15, 0.2) is 0 Å². The van der Waals surface area contributed by atoms with Crippen molar-refractivity contribution in [3.8, 4) is 0 Å². The zero-order valence-corrected chi connectivity index (χ0v) is 11.0. The highest BCUT2D eigenvalue weighted by Gasteiger charge is 2.24. The number of hydrogen-bond acceptors (Lipinski definition) is 4. The predicted octanol–water partition coefficient (Wildman–Crippen LogP) is 0.548. The lowest BCUT2D eigenvalue weighted by molar-refractivity contribution is -0.139. The van der Waals surface area contributed by atoms with Crippen LogP contribution in [0, 0.1) is 0 Å². The lowest BCUT2D eigenvalue weighted by Gasteiger charge is -2.35. The molecule has 0 aromatic carbocycles. The number of aliphatic carboxylic acids is 1. The summed E-state index contributed by atoms with van der Waals surface area (Å²) in [7, 11) is 0. The number of carboxylic acid groups (broad SMARTS) is 1. The minimum atomic E-state index is -0.763.